The standard InChI is InChI=1S/C11H19N/c1-4-12(5-2)11-8-6-10(3)7-9-11/h6,8H,4-5,7,9H2,1-3H3. The molecular formula is C11H19N. The first kappa shape index (κ1) is 9.37. The predicted molar refractivity (Wildman–Crippen MR) is 54.0 cm³/mol. The second-order valence-electron chi connectivity index (χ2n) is 3.34. The topological polar surface area (TPSA) is 3.24 Å². The minimum atomic E-state index is 1.13. The Kier molecular flexibility index (Phi) is 3.39. The predicted octanol–water partition coefficient (Wildman–Crippen LogP) is 2.95. The molecule has 1 nitrogen and oxygen atoms in total. The lowest BCUT2D eigenvalue weighted by Crippen LogP contribution is -2.22. The third-order valence-corrected chi connectivity index (χ3v) is 2.51. The van der Waals surface area contributed by atoms with Crippen molar-refractivity contribution in [3.63, 3.8) is 0 Å². The molecule has 1 heteroatoms. The summed E-state index contributed by atoms with van der Waals surface area (Å²) in [6, 6.07) is 0. The van der Waals surface area contributed by atoms with Crippen LogP contribution in [0.4, 0.5) is 0 Å². The van der Waals surface area contributed by atoms with Crippen molar-refractivity contribution in [2.45, 2.75) is 33.6 Å². The fourth-order valence-corrected chi connectivity index (χ4v) is 1.62. The van der Waals surface area contributed by atoms with Gasteiger partial charge in [0, 0.05) is 18.8 Å². The molecule has 0 aromatic heterocycles. The maximum Gasteiger partial charge on any atom is 0.0146 e. The van der Waals surface area contributed by atoms with Gasteiger partial charge in [-0.2, -0.15) is 0 Å². The van der Waals surface area contributed by atoms with Crippen molar-refractivity contribution in [3.05, 3.63) is 23.4 Å². The quantitative estimate of drug-likeness (QED) is 0.621. The van der Waals surface area contributed by atoms with Crippen LogP contribution in [0.25, 0.3) is 0 Å². The lowest BCUT2D eigenvalue weighted by molar-refractivity contribution is 0.366. The van der Waals surface area contributed by atoms with Gasteiger partial charge in [0.1, 0.15) is 0 Å². The Morgan fingerprint density at radius 3 is 2.25 bits per heavy atom. The van der Waals surface area contributed by atoms with E-state index >= 15 is 0 Å². The van der Waals surface area contributed by atoms with Gasteiger partial charge in [0.2, 0.25) is 0 Å². The van der Waals surface area contributed by atoms with E-state index in [0.29, 0.717) is 0 Å². The number of hydrogen-bond acceptors (Lipinski definition) is 1. The maximum atomic E-state index is 2.43. The third kappa shape index (κ3) is 2.13. The normalized spacial score (nSPS) is 16.9. The minimum absolute atomic E-state index is 1.13. The summed E-state index contributed by atoms with van der Waals surface area (Å²) in [5, 5.41) is 0. The monoisotopic (exact) mass is 165 g/mol. The van der Waals surface area contributed by atoms with Crippen molar-refractivity contribution in [2.75, 3.05) is 13.1 Å². The lowest BCUT2D eigenvalue weighted by Gasteiger charge is -2.26. The van der Waals surface area contributed by atoms with E-state index in [9.17, 15) is 0 Å². The molecule has 68 valence electrons. The molecule has 0 saturated heterocycles. The summed E-state index contributed by atoms with van der Waals surface area (Å²) in [4.78, 5) is 2.43. The van der Waals surface area contributed by atoms with Gasteiger partial charge in [-0.25, -0.2) is 0 Å². The van der Waals surface area contributed by atoms with Gasteiger partial charge in [-0.15, -0.1) is 0 Å². The van der Waals surface area contributed by atoms with Crippen molar-refractivity contribution in [2.24, 2.45) is 0 Å². The Morgan fingerprint density at radius 2 is 1.83 bits per heavy atom. The Labute approximate surface area is 75.8 Å². The largest absolute Gasteiger partial charge is 0.375 e. The van der Waals surface area contributed by atoms with Gasteiger partial charge < -0.3 is 4.90 Å². The highest BCUT2D eigenvalue weighted by atomic mass is 15.1. The van der Waals surface area contributed by atoms with Crippen molar-refractivity contribution >= 4 is 0 Å². The number of hydrogen-bond donors (Lipinski definition) is 0. The lowest BCUT2D eigenvalue weighted by atomic mass is 10.0. The van der Waals surface area contributed by atoms with E-state index in [0.717, 1.165) is 13.1 Å². The van der Waals surface area contributed by atoms with Crippen molar-refractivity contribution in [1.29, 1.82) is 0 Å². The van der Waals surface area contributed by atoms with Crippen LogP contribution in [0.15, 0.2) is 23.4 Å². The molecule has 0 bridgehead atoms. The van der Waals surface area contributed by atoms with E-state index in [1.54, 1.807) is 0 Å². The molecule has 1 aliphatic rings. The number of rotatable bonds is 3. The summed E-state index contributed by atoms with van der Waals surface area (Å²) in [7, 11) is 0. The zero-order chi connectivity index (χ0) is 8.97. The van der Waals surface area contributed by atoms with Crippen LogP contribution in [0.3, 0.4) is 0 Å². The highest BCUT2D eigenvalue weighted by molar-refractivity contribution is 5.21. The number of nitrogens with zero attached hydrogens (tertiary/aromatic N) is 1. The maximum absolute atomic E-state index is 2.43. The molecule has 1 aliphatic carbocycles. The second-order valence-corrected chi connectivity index (χ2v) is 3.34. The van der Waals surface area contributed by atoms with Gasteiger partial charge in [0.05, 0.1) is 0 Å². The summed E-state index contributed by atoms with van der Waals surface area (Å²) >= 11 is 0. The molecule has 0 unspecified atom stereocenters. The fourth-order valence-electron chi connectivity index (χ4n) is 1.62. The van der Waals surface area contributed by atoms with Crippen LogP contribution in [0, 0.1) is 0 Å². The van der Waals surface area contributed by atoms with E-state index in [2.05, 4.69) is 37.8 Å². The minimum Gasteiger partial charge on any atom is -0.375 e. The first-order chi connectivity index (χ1) is 5.77. The smallest absolute Gasteiger partial charge is 0.0146 e. The molecule has 1 rings (SSSR count). The van der Waals surface area contributed by atoms with Gasteiger partial charge >= 0.3 is 0 Å². The Morgan fingerprint density at radius 1 is 1.17 bits per heavy atom. The first-order valence-electron chi connectivity index (χ1n) is 4.89. The third-order valence-electron chi connectivity index (χ3n) is 2.51. The van der Waals surface area contributed by atoms with Crippen molar-refractivity contribution in [3.8, 4) is 0 Å². The fraction of sp³-hybridized carbons (Fsp3) is 0.636. The van der Waals surface area contributed by atoms with Crippen molar-refractivity contribution < 1.29 is 0 Å². The average Bonchev–Trinajstić information content (AvgIpc) is 2.10. The Bertz CT molecular complexity index is 197. The van der Waals surface area contributed by atoms with Crippen LogP contribution < -0.4 is 0 Å². The second kappa shape index (κ2) is 4.34. The van der Waals surface area contributed by atoms with E-state index in [1.165, 1.54) is 24.1 Å². The first-order valence-corrected chi connectivity index (χ1v) is 4.89. The van der Waals surface area contributed by atoms with E-state index in [1.807, 2.05) is 0 Å². The summed E-state index contributed by atoms with van der Waals surface area (Å²) in [6.07, 6.45) is 6.98. The molecule has 0 heterocycles. The van der Waals surface area contributed by atoms with E-state index in [4.69, 9.17) is 0 Å². The molecule has 0 saturated carbocycles. The van der Waals surface area contributed by atoms with Crippen LogP contribution in [0.2, 0.25) is 0 Å². The molecule has 12 heavy (non-hydrogen) atoms. The molecule has 0 aromatic rings. The van der Waals surface area contributed by atoms with Crippen LogP contribution in [0.1, 0.15) is 33.6 Å². The van der Waals surface area contributed by atoms with Gasteiger partial charge in [-0.05, 0) is 39.7 Å². The van der Waals surface area contributed by atoms with E-state index in [-0.39, 0.29) is 0 Å². The van der Waals surface area contributed by atoms with E-state index < -0.39 is 0 Å². The summed E-state index contributed by atoms with van der Waals surface area (Å²) in [5.74, 6) is 0. The molecule has 0 spiro atoms. The molecule has 0 radical (unpaired) electrons. The summed E-state index contributed by atoms with van der Waals surface area (Å²) < 4.78 is 0. The molecule has 0 N–H and O–H groups in total. The number of allylic oxidation sites excluding steroid dienone is 4. The summed E-state index contributed by atoms with van der Waals surface area (Å²) in [6.45, 7) is 8.91. The van der Waals surface area contributed by atoms with Crippen LogP contribution >= 0.6 is 0 Å². The van der Waals surface area contributed by atoms with Crippen LogP contribution in [0.5, 0.6) is 0 Å². The molecule has 0 aliphatic heterocycles. The van der Waals surface area contributed by atoms with Gasteiger partial charge in [-0.3, -0.25) is 0 Å². The average molecular weight is 165 g/mol. The zero-order valence-corrected chi connectivity index (χ0v) is 8.43. The highest BCUT2D eigenvalue weighted by Gasteiger charge is 2.07. The Balaban J connectivity index is 2.63. The molecular weight excluding hydrogens is 146 g/mol. The van der Waals surface area contributed by atoms with Crippen molar-refractivity contribution in [1.82, 2.24) is 4.90 Å². The van der Waals surface area contributed by atoms with Crippen LogP contribution in [-0.2, 0) is 0 Å². The summed E-state index contributed by atoms with van der Waals surface area (Å²) in [5.41, 5.74) is 3.01. The zero-order valence-electron chi connectivity index (χ0n) is 8.43. The van der Waals surface area contributed by atoms with Gasteiger partial charge in [0.25, 0.3) is 0 Å². The van der Waals surface area contributed by atoms with Gasteiger partial charge in [0.15, 0.2) is 0 Å². The van der Waals surface area contributed by atoms with Crippen LogP contribution in [-0.4, -0.2) is 18.0 Å². The molecule has 0 fully saturated rings. The molecule has 0 amide bonds. The Hall–Kier alpha value is -0.720. The highest BCUT2D eigenvalue weighted by Crippen LogP contribution is 2.20. The SMILES string of the molecule is CCN(CC)C1=CC=C(C)CC1. The molecule has 0 aromatic carbocycles. The van der Waals surface area contributed by atoms with Gasteiger partial charge in [-0.1, -0.05) is 11.6 Å². The molecule has 0 atom stereocenters.